The van der Waals surface area contributed by atoms with Crippen LogP contribution in [0.1, 0.15) is 37.1 Å². The van der Waals surface area contributed by atoms with Gasteiger partial charge >= 0.3 is 6.01 Å². The Kier molecular flexibility index (Phi) is 5.83. The van der Waals surface area contributed by atoms with Crippen LogP contribution in [0.3, 0.4) is 0 Å². The van der Waals surface area contributed by atoms with Crippen molar-refractivity contribution < 1.29 is 9.32 Å². The smallest absolute Gasteiger partial charge is 0.323 e. The summed E-state index contributed by atoms with van der Waals surface area (Å²) in [5.74, 6) is 1.66. The highest BCUT2D eigenvalue weighted by Gasteiger charge is 2.23. The summed E-state index contributed by atoms with van der Waals surface area (Å²) in [5.41, 5.74) is 2.36. The predicted octanol–water partition coefficient (Wildman–Crippen LogP) is 3.42. The Labute approximate surface area is 171 Å². The lowest BCUT2D eigenvalue weighted by molar-refractivity contribution is -0.132. The highest BCUT2D eigenvalue weighted by molar-refractivity contribution is 5.84. The van der Waals surface area contributed by atoms with Gasteiger partial charge in [-0.2, -0.15) is 4.98 Å². The largest absolute Gasteiger partial charge is 0.361 e. The number of hydrogen-bond donors (Lipinski definition) is 1. The minimum absolute atomic E-state index is 0.266. The SMILES string of the molecule is CN(C)c1nc(CCC2CCN(C(=O)CCc3c[nH]c4ccccc34)CC2)no1. The zero-order valence-electron chi connectivity index (χ0n) is 17.2. The molecule has 1 N–H and O–H groups in total. The van der Waals surface area contributed by atoms with Gasteiger partial charge in [-0.15, -0.1) is 0 Å². The molecule has 154 valence electrons. The molecule has 7 heteroatoms. The van der Waals surface area contributed by atoms with E-state index >= 15 is 0 Å². The molecule has 0 atom stereocenters. The first-order valence-corrected chi connectivity index (χ1v) is 10.4. The Bertz CT molecular complexity index is 953. The minimum atomic E-state index is 0.266. The van der Waals surface area contributed by atoms with E-state index in [1.54, 1.807) is 0 Å². The first-order chi connectivity index (χ1) is 14.1. The van der Waals surface area contributed by atoms with Crippen LogP contribution >= 0.6 is 0 Å². The van der Waals surface area contributed by atoms with E-state index in [-0.39, 0.29) is 5.91 Å². The van der Waals surface area contributed by atoms with Crippen LogP contribution in [-0.4, -0.2) is 53.1 Å². The molecule has 0 unspecified atom stereocenters. The summed E-state index contributed by atoms with van der Waals surface area (Å²) >= 11 is 0. The first-order valence-electron chi connectivity index (χ1n) is 10.4. The third kappa shape index (κ3) is 4.60. The number of aromatic nitrogens is 3. The topological polar surface area (TPSA) is 78.3 Å². The first kappa shape index (κ1) is 19.5. The average molecular weight is 396 g/mol. The summed E-state index contributed by atoms with van der Waals surface area (Å²) in [6, 6.07) is 8.81. The Hall–Kier alpha value is -2.83. The maximum absolute atomic E-state index is 12.7. The van der Waals surface area contributed by atoms with Gasteiger partial charge in [0.25, 0.3) is 0 Å². The van der Waals surface area contributed by atoms with E-state index in [4.69, 9.17) is 4.52 Å². The van der Waals surface area contributed by atoms with Crippen molar-refractivity contribution in [3.8, 4) is 0 Å². The van der Waals surface area contributed by atoms with Gasteiger partial charge in [0.2, 0.25) is 5.91 Å². The van der Waals surface area contributed by atoms with Gasteiger partial charge in [0, 0.05) is 57.1 Å². The summed E-state index contributed by atoms with van der Waals surface area (Å²) in [4.78, 5) is 24.2. The zero-order chi connectivity index (χ0) is 20.2. The molecule has 1 aromatic carbocycles. The number of hydrogen-bond acceptors (Lipinski definition) is 5. The van der Waals surface area contributed by atoms with Crippen molar-refractivity contribution in [3.63, 3.8) is 0 Å². The quantitative estimate of drug-likeness (QED) is 0.663. The van der Waals surface area contributed by atoms with Gasteiger partial charge in [0.1, 0.15) is 0 Å². The Morgan fingerprint density at radius 1 is 1.24 bits per heavy atom. The third-order valence-corrected chi connectivity index (χ3v) is 5.87. The van der Waals surface area contributed by atoms with Crippen molar-refractivity contribution in [3.05, 3.63) is 41.9 Å². The highest BCUT2D eigenvalue weighted by Crippen LogP contribution is 2.24. The molecule has 0 spiro atoms. The molecule has 1 aliphatic rings. The van der Waals surface area contributed by atoms with Crippen molar-refractivity contribution in [2.75, 3.05) is 32.1 Å². The number of nitrogens with one attached hydrogen (secondary N) is 1. The number of fused-ring (bicyclic) bond motifs is 1. The fourth-order valence-electron chi connectivity index (χ4n) is 4.07. The number of piperidine rings is 1. The molecule has 0 radical (unpaired) electrons. The highest BCUT2D eigenvalue weighted by atomic mass is 16.5. The fourth-order valence-corrected chi connectivity index (χ4v) is 4.07. The zero-order valence-corrected chi connectivity index (χ0v) is 17.2. The van der Waals surface area contributed by atoms with Gasteiger partial charge in [-0.3, -0.25) is 4.79 Å². The molecular formula is C22H29N5O2. The molecule has 0 saturated carbocycles. The fraction of sp³-hybridized carbons (Fsp3) is 0.500. The van der Waals surface area contributed by atoms with E-state index in [0.717, 1.165) is 56.5 Å². The second-order valence-electron chi connectivity index (χ2n) is 8.11. The van der Waals surface area contributed by atoms with Crippen LogP contribution in [0.15, 0.2) is 35.0 Å². The molecule has 3 heterocycles. The van der Waals surface area contributed by atoms with Crippen molar-refractivity contribution in [1.82, 2.24) is 20.0 Å². The monoisotopic (exact) mass is 395 g/mol. The van der Waals surface area contributed by atoms with E-state index in [1.165, 1.54) is 10.9 Å². The van der Waals surface area contributed by atoms with Crippen LogP contribution in [0.4, 0.5) is 6.01 Å². The van der Waals surface area contributed by atoms with Crippen LogP contribution in [0.25, 0.3) is 10.9 Å². The Morgan fingerprint density at radius 2 is 2.03 bits per heavy atom. The average Bonchev–Trinajstić information content (AvgIpc) is 3.38. The molecule has 7 nitrogen and oxygen atoms in total. The Balaban J connectivity index is 1.21. The predicted molar refractivity (Wildman–Crippen MR) is 113 cm³/mol. The van der Waals surface area contributed by atoms with Gasteiger partial charge < -0.3 is 19.3 Å². The summed E-state index contributed by atoms with van der Waals surface area (Å²) in [7, 11) is 3.78. The molecule has 4 rings (SSSR count). The number of H-pyrrole nitrogens is 1. The molecule has 1 saturated heterocycles. The summed E-state index contributed by atoms with van der Waals surface area (Å²) in [6.45, 7) is 1.71. The summed E-state index contributed by atoms with van der Waals surface area (Å²) in [6.07, 6.45) is 7.37. The van der Waals surface area contributed by atoms with Crippen molar-refractivity contribution in [1.29, 1.82) is 0 Å². The normalized spacial score (nSPS) is 15.2. The molecule has 1 aliphatic heterocycles. The summed E-state index contributed by atoms with van der Waals surface area (Å²) < 4.78 is 5.21. The number of carbonyl (C=O) groups excluding carboxylic acids is 1. The number of aromatic amines is 1. The molecule has 1 amide bonds. The molecule has 0 bridgehead atoms. The number of carbonyl (C=O) groups is 1. The minimum Gasteiger partial charge on any atom is -0.361 e. The van der Waals surface area contributed by atoms with Crippen LogP contribution in [0.2, 0.25) is 0 Å². The standard InChI is InChI=1S/C22H29N5O2/c1-26(2)22-24-20(25-29-22)9-7-16-11-13-27(14-12-16)21(28)10-8-17-15-23-19-6-4-3-5-18(17)19/h3-6,15-16,23H,7-14H2,1-2H3. The van der Waals surface area contributed by atoms with E-state index in [9.17, 15) is 4.79 Å². The van der Waals surface area contributed by atoms with Crippen molar-refractivity contribution >= 4 is 22.8 Å². The molecule has 0 aliphatic carbocycles. The lowest BCUT2D eigenvalue weighted by Crippen LogP contribution is -2.38. The number of likely N-dealkylation sites (tertiary alicyclic amines) is 1. The van der Waals surface area contributed by atoms with E-state index in [0.29, 0.717) is 18.4 Å². The summed E-state index contributed by atoms with van der Waals surface area (Å²) in [5, 5.41) is 5.26. The number of anilines is 1. The van der Waals surface area contributed by atoms with Crippen molar-refractivity contribution in [2.45, 2.75) is 38.5 Å². The number of rotatable bonds is 7. The third-order valence-electron chi connectivity index (χ3n) is 5.87. The van der Waals surface area contributed by atoms with Gasteiger partial charge in [-0.1, -0.05) is 23.4 Å². The number of amides is 1. The molecule has 2 aromatic heterocycles. The lowest BCUT2D eigenvalue weighted by atomic mass is 9.92. The van der Waals surface area contributed by atoms with E-state index < -0.39 is 0 Å². The molecule has 1 fully saturated rings. The second kappa shape index (κ2) is 8.68. The van der Waals surface area contributed by atoms with Gasteiger partial charge in [0.05, 0.1) is 0 Å². The van der Waals surface area contributed by atoms with Crippen LogP contribution in [0.5, 0.6) is 0 Å². The van der Waals surface area contributed by atoms with Gasteiger partial charge in [-0.25, -0.2) is 0 Å². The number of aryl methyl sites for hydroxylation is 2. The van der Waals surface area contributed by atoms with Crippen molar-refractivity contribution in [2.24, 2.45) is 5.92 Å². The Morgan fingerprint density at radius 3 is 2.79 bits per heavy atom. The van der Waals surface area contributed by atoms with Crippen LogP contribution < -0.4 is 4.90 Å². The van der Waals surface area contributed by atoms with Gasteiger partial charge in [0.15, 0.2) is 5.82 Å². The van der Waals surface area contributed by atoms with Gasteiger partial charge in [-0.05, 0) is 43.2 Å². The maximum atomic E-state index is 12.7. The van der Waals surface area contributed by atoms with E-state index in [1.807, 2.05) is 42.2 Å². The van der Waals surface area contributed by atoms with Crippen LogP contribution in [-0.2, 0) is 17.6 Å². The molecule has 3 aromatic rings. The second-order valence-corrected chi connectivity index (χ2v) is 8.11. The number of nitrogens with zero attached hydrogens (tertiary/aromatic N) is 4. The molecular weight excluding hydrogens is 366 g/mol. The number of para-hydroxylation sites is 1. The maximum Gasteiger partial charge on any atom is 0.323 e. The van der Waals surface area contributed by atoms with Crippen LogP contribution in [0, 0.1) is 5.92 Å². The van der Waals surface area contributed by atoms with E-state index in [2.05, 4.69) is 27.3 Å². The lowest BCUT2D eigenvalue weighted by Gasteiger charge is -2.32. The number of benzene rings is 1. The molecule has 29 heavy (non-hydrogen) atoms.